The van der Waals surface area contributed by atoms with Gasteiger partial charge in [0.25, 0.3) is 0 Å². The molecular formula is C29H57N3OS. The first-order valence-corrected chi connectivity index (χ1v) is 15.5. The van der Waals surface area contributed by atoms with E-state index in [0.717, 1.165) is 32.0 Å². The molecule has 5 heteroatoms. The molecule has 2 aliphatic heterocycles. The van der Waals surface area contributed by atoms with E-state index in [9.17, 15) is 4.21 Å². The zero-order valence-corrected chi connectivity index (χ0v) is 25.1. The first-order valence-electron chi connectivity index (χ1n) is 14.0. The van der Waals surface area contributed by atoms with Crippen molar-refractivity contribution in [1.82, 2.24) is 14.1 Å². The molecule has 4 nitrogen and oxygen atoms in total. The zero-order valence-electron chi connectivity index (χ0n) is 24.3. The summed E-state index contributed by atoms with van der Waals surface area (Å²) in [7, 11) is 1.29. The van der Waals surface area contributed by atoms with E-state index in [-0.39, 0.29) is 0 Å². The van der Waals surface area contributed by atoms with Crippen molar-refractivity contribution in [3.05, 3.63) is 35.6 Å². The van der Waals surface area contributed by atoms with E-state index in [0.29, 0.717) is 12.1 Å². The Hall–Kier alpha value is -0.910. The van der Waals surface area contributed by atoms with E-state index in [1.165, 1.54) is 44.3 Å². The minimum Gasteiger partial charge on any atom is -0.372 e. The van der Waals surface area contributed by atoms with E-state index in [1.54, 1.807) is 11.8 Å². The molecule has 4 atom stereocenters. The van der Waals surface area contributed by atoms with Crippen molar-refractivity contribution in [2.45, 2.75) is 118 Å². The van der Waals surface area contributed by atoms with Crippen molar-refractivity contribution >= 4 is 11.0 Å². The number of rotatable bonds is 11. The number of fused-ring (bicyclic) bond motifs is 1. The second kappa shape index (κ2) is 19.3. The minimum absolute atomic E-state index is 0.406. The van der Waals surface area contributed by atoms with E-state index in [4.69, 9.17) is 0 Å². The van der Waals surface area contributed by atoms with Gasteiger partial charge in [-0.25, -0.2) is 8.51 Å². The summed E-state index contributed by atoms with van der Waals surface area (Å²) < 4.78 is 13.8. The monoisotopic (exact) mass is 495 g/mol. The van der Waals surface area contributed by atoms with E-state index < -0.39 is 11.0 Å². The molecule has 34 heavy (non-hydrogen) atoms. The average molecular weight is 496 g/mol. The minimum atomic E-state index is -0.885. The van der Waals surface area contributed by atoms with Crippen molar-refractivity contribution in [2.24, 2.45) is 0 Å². The van der Waals surface area contributed by atoms with E-state index in [1.807, 2.05) is 32.0 Å². The maximum absolute atomic E-state index is 11.8. The lowest BCUT2D eigenvalue weighted by Crippen LogP contribution is -2.40. The predicted octanol–water partition coefficient (Wildman–Crippen LogP) is 7.18. The Labute approximate surface area is 216 Å². The topological polar surface area (TPSA) is 26.8 Å². The van der Waals surface area contributed by atoms with Gasteiger partial charge in [0.15, 0.2) is 0 Å². The van der Waals surface area contributed by atoms with Gasteiger partial charge in [0.1, 0.15) is 0 Å². The van der Waals surface area contributed by atoms with Crippen LogP contribution in [0.1, 0.15) is 100 Å². The Kier molecular flexibility index (Phi) is 18.8. The number of hydrogen-bond acceptors (Lipinski definition) is 3. The quantitative estimate of drug-likeness (QED) is 0.224. The number of nitrogens with zero attached hydrogens (tertiary/aromatic N) is 3. The summed E-state index contributed by atoms with van der Waals surface area (Å²) in [6.07, 6.45) is 19.9. The molecule has 0 aromatic carbocycles. The molecule has 0 radical (unpaired) electrons. The van der Waals surface area contributed by atoms with Crippen LogP contribution in [0.15, 0.2) is 35.6 Å². The van der Waals surface area contributed by atoms with Crippen molar-refractivity contribution in [3.63, 3.8) is 0 Å². The van der Waals surface area contributed by atoms with Gasteiger partial charge in [-0.05, 0) is 71.9 Å². The fourth-order valence-corrected chi connectivity index (χ4v) is 5.81. The Morgan fingerprint density at radius 2 is 1.76 bits per heavy atom. The van der Waals surface area contributed by atoms with Crippen LogP contribution in [0, 0.1) is 0 Å². The van der Waals surface area contributed by atoms with Gasteiger partial charge in [-0.3, -0.25) is 4.90 Å². The normalized spacial score (nSPS) is 23.0. The molecule has 4 unspecified atom stereocenters. The van der Waals surface area contributed by atoms with Gasteiger partial charge in [0.05, 0.1) is 11.0 Å². The third-order valence-electron chi connectivity index (χ3n) is 7.16. The number of piperidine rings is 1. The van der Waals surface area contributed by atoms with Crippen molar-refractivity contribution in [2.75, 3.05) is 32.9 Å². The summed E-state index contributed by atoms with van der Waals surface area (Å²) >= 11 is 0. The van der Waals surface area contributed by atoms with Crippen LogP contribution in [0.3, 0.4) is 0 Å². The van der Waals surface area contributed by atoms with Gasteiger partial charge >= 0.3 is 0 Å². The molecule has 200 valence electrons. The molecule has 0 spiro atoms. The smallest absolute Gasteiger partial charge is 0.0910 e. The zero-order chi connectivity index (χ0) is 26.1. The molecule has 0 saturated carbocycles. The fraction of sp³-hybridized carbons (Fsp3) is 0.793. The Bertz CT molecular complexity index is 643. The Morgan fingerprint density at radius 1 is 1.09 bits per heavy atom. The van der Waals surface area contributed by atoms with Crippen LogP contribution in [-0.2, 0) is 11.0 Å². The lowest BCUT2D eigenvalue weighted by molar-refractivity contribution is 0.164. The summed E-state index contributed by atoms with van der Waals surface area (Å²) in [6.45, 7) is 19.7. The van der Waals surface area contributed by atoms with E-state index >= 15 is 0 Å². The molecule has 0 amide bonds. The molecule has 2 rings (SSSR count). The Balaban J connectivity index is 0.00000258. The average Bonchev–Trinajstić information content (AvgIpc) is 3.30. The highest BCUT2D eigenvalue weighted by atomic mass is 32.2. The van der Waals surface area contributed by atoms with Crippen LogP contribution in [0.2, 0.25) is 0 Å². The SMILES string of the molecule is C/C=C(\CC=C/C(=C\C)N(C)C(C)CCN(CC)S(C)=O)C1CCC2CCCCN21.CC.CC. The molecule has 2 heterocycles. The first kappa shape index (κ1) is 33.1. The maximum atomic E-state index is 11.8. The van der Waals surface area contributed by atoms with Crippen LogP contribution in [0.25, 0.3) is 0 Å². The van der Waals surface area contributed by atoms with Crippen molar-refractivity contribution < 1.29 is 4.21 Å². The van der Waals surface area contributed by atoms with Gasteiger partial charge < -0.3 is 4.90 Å². The van der Waals surface area contributed by atoms with Gasteiger partial charge in [0.2, 0.25) is 0 Å². The molecular weight excluding hydrogens is 438 g/mol. The fourth-order valence-electron chi connectivity index (χ4n) is 5.08. The van der Waals surface area contributed by atoms with Crippen LogP contribution < -0.4 is 0 Å². The maximum Gasteiger partial charge on any atom is 0.0910 e. The lowest BCUT2D eigenvalue weighted by Gasteiger charge is -2.35. The predicted molar refractivity (Wildman–Crippen MR) is 154 cm³/mol. The third-order valence-corrected chi connectivity index (χ3v) is 8.33. The number of likely N-dealkylation sites (N-methyl/N-ethyl adjacent to an activating group) is 1. The second-order valence-corrected chi connectivity index (χ2v) is 10.2. The second-order valence-electron chi connectivity index (χ2n) is 8.86. The summed E-state index contributed by atoms with van der Waals surface area (Å²) in [4.78, 5) is 5.14. The summed E-state index contributed by atoms with van der Waals surface area (Å²) in [5.74, 6) is 0. The summed E-state index contributed by atoms with van der Waals surface area (Å²) in [5, 5.41) is 0. The first-order chi connectivity index (χ1) is 16.4. The Morgan fingerprint density at radius 3 is 2.32 bits per heavy atom. The highest BCUT2D eigenvalue weighted by Gasteiger charge is 2.35. The molecule has 0 bridgehead atoms. The van der Waals surface area contributed by atoms with Crippen molar-refractivity contribution in [3.8, 4) is 0 Å². The molecule has 0 aromatic rings. The van der Waals surface area contributed by atoms with Gasteiger partial charge in [-0.2, -0.15) is 0 Å². The molecule has 2 saturated heterocycles. The van der Waals surface area contributed by atoms with Crippen LogP contribution in [0.5, 0.6) is 0 Å². The van der Waals surface area contributed by atoms with Crippen LogP contribution in [0.4, 0.5) is 0 Å². The highest BCUT2D eigenvalue weighted by Crippen LogP contribution is 2.35. The number of allylic oxidation sites excluding steroid dienone is 4. The van der Waals surface area contributed by atoms with Crippen LogP contribution in [-0.4, -0.2) is 69.4 Å². The molecule has 0 aromatic heterocycles. The molecule has 0 N–H and O–H groups in total. The van der Waals surface area contributed by atoms with Gasteiger partial charge in [-0.15, -0.1) is 0 Å². The summed E-state index contributed by atoms with van der Waals surface area (Å²) in [5.41, 5.74) is 2.85. The standard InChI is InChI=1S/C25H45N3OS.2C2H6/c1-7-22(25-17-16-24-14-10-11-19-28(24)25)13-12-15-23(8-2)26(5)21(4)18-20-27(9-3)30(6)29;2*1-2/h7-8,12,15,21,24-25H,9-11,13-14,16-20H2,1-6H3;2*1-2H3/b15-12?,22-7+,23-8+;;. The van der Waals surface area contributed by atoms with Crippen molar-refractivity contribution in [1.29, 1.82) is 0 Å². The number of hydrogen-bond donors (Lipinski definition) is 0. The lowest BCUT2D eigenvalue weighted by atomic mass is 10.00. The highest BCUT2D eigenvalue weighted by molar-refractivity contribution is 7.81. The third kappa shape index (κ3) is 10.4. The van der Waals surface area contributed by atoms with Crippen LogP contribution >= 0.6 is 0 Å². The molecule has 2 aliphatic rings. The summed E-state index contributed by atoms with van der Waals surface area (Å²) in [6, 6.07) is 1.90. The van der Waals surface area contributed by atoms with Gasteiger partial charge in [0, 0.05) is 50.2 Å². The largest absolute Gasteiger partial charge is 0.372 e. The van der Waals surface area contributed by atoms with Gasteiger partial charge in [-0.1, -0.05) is 64.8 Å². The molecule has 0 aliphatic carbocycles. The van der Waals surface area contributed by atoms with E-state index in [2.05, 4.69) is 68.8 Å². The molecule has 2 fully saturated rings.